The van der Waals surface area contributed by atoms with E-state index in [4.69, 9.17) is 5.73 Å². The van der Waals surface area contributed by atoms with Crippen molar-refractivity contribution in [3.63, 3.8) is 0 Å². The fourth-order valence-corrected chi connectivity index (χ4v) is 3.02. The molecule has 0 atom stereocenters. The summed E-state index contributed by atoms with van der Waals surface area (Å²) in [4.78, 5) is 0. The van der Waals surface area contributed by atoms with E-state index >= 15 is 0 Å². The molecule has 0 saturated carbocycles. The fourth-order valence-electron chi connectivity index (χ4n) is 3.02. The molecule has 4 rings (SSSR count). The van der Waals surface area contributed by atoms with Crippen molar-refractivity contribution < 1.29 is 0 Å². The lowest BCUT2D eigenvalue weighted by molar-refractivity contribution is 0.554. The van der Waals surface area contributed by atoms with Gasteiger partial charge in [0, 0.05) is 22.7 Å². The Morgan fingerprint density at radius 2 is 1.71 bits per heavy atom. The van der Waals surface area contributed by atoms with Crippen LogP contribution >= 0.6 is 0 Å². The highest BCUT2D eigenvalue weighted by Crippen LogP contribution is 2.37. The highest BCUT2D eigenvalue weighted by atomic mass is 15.1. The number of fused-ring (bicyclic) bond motifs is 1. The lowest BCUT2D eigenvalue weighted by atomic mass is 9.91. The number of aromatic amines is 2. The van der Waals surface area contributed by atoms with Gasteiger partial charge in [0.25, 0.3) is 0 Å². The van der Waals surface area contributed by atoms with Crippen LogP contribution in [-0.2, 0) is 5.54 Å². The van der Waals surface area contributed by atoms with E-state index in [0.29, 0.717) is 0 Å². The molecule has 4 N–H and O–H groups in total. The van der Waals surface area contributed by atoms with E-state index < -0.39 is 0 Å². The molecule has 0 amide bonds. The monoisotopic (exact) mass is 317 g/mol. The average Bonchev–Trinajstić information content (AvgIpc) is 3.24. The molecule has 0 aliphatic rings. The van der Waals surface area contributed by atoms with Gasteiger partial charge < -0.3 is 5.73 Å². The zero-order valence-electron chi connectivity index (χ0n) is 13.7. The van der Waals surface area contributed by atoms with Crippen LogP contribution in [0.5, 0.6) is 0 Å². The predicted octanol–water partition coefficient (Wildman–Crippen LogP) is 3.81. The van der Waals surface area contributed by atoms with Gasteiger partial charge in [-0.2, -0.15) is 10.2 Å². The highest BCUT2D eigenvalue weighted by molar-refractivity contribution is 6.01. The maximum absolute atomic E-state index is 6.19. The van der Waals surface area contributed by atoms with E-state index in [0.717, 1.165) is 38.9 Å². The van der Waals surface area contributed by atoms with E-state index in [1.807, 2.05) is 26.1 Å². The van der Waals surface area contributed by atoms with Crippen molar-refractivity contribution in [1.82, 2.24) is 20.4 Å². The molecule has 2 aromatic heterocycles. The molecule has 0 aliphatic heterocycles. The Bertz CT molecular complexity index is 973. The third kappa shape index (κ3) is 2.39. The zero-order valence-corrected chi connectivity index (χ0v) is 13.7. The van der Waals surface area contributed by atoms with Crippen molar-refractivity contribution in [1.29, 1.82) is 0 Å². The van der Waals surface area contributed by atoms with Crippen LogP contribution in [0.25, 0.3) is 33.3 Å². The first-order valence-corrected chi connectivity index (χ1v) is 7.90. The highest BCUT2D eigenvalue weighted by Gasteiger charge is 2.16. The molecule has 120 valence electrons. The van der Waals surface area contributed by atoms with Gasteiger partial charge in [0.15, 0.2) is 0 Å². The molecule has 0 saturated heterocycles. The minimum Gasteiger partial charge on any atom is -0.322 e. The standard InChI is InChI=1S/C19H19N5/c1-19(2,20)13-5-3-12(4-6-13)14-7-8-16-15(11-22-23-16)18(14)17-9-10-21-24-17/h3-11H,20H2,1-2H3,(H,21,24)(H,22,23). The third-order valence-corrected chi connectivity index (χ3v) is 4.33. The van der Waals surface area contributed by atoms with Crippen LogP contribution in [0.4, 0.5) is 0 Å². The summed E-state index contributed by atoms with van der Waals surface area (Å²) >= 11 is 0. The number of nitrogens with one attached hydrogen (secondary N) is 2. The summed E-state index contributed by atoms with van der Waals surface area (Å²) in [6.45, 7) is 4.02. The number of nitrogens with zero attached hydrogens (tertiary/aromatic N) is 2. The summed E-state index contributed by atoms with van der Waals surface area (Å²) in [5.74, 6) is 0. The molecule has 0 unspecified atom stereocenters. The van der Waals surface area contributed by atoms with Crippen molar-refractivity contribution in [2.24, 2.45) is 5.73 Å². The second-order valence-electron chi connectivity index (χ2n) is 6.59. The van der Waals surface area contributed by atoms with Crippen molar-refractivity contribution in [3.8, 4) is 22.4 Å². The molecule has 0 fully saturated rings. The maximum atomic E-state index is 6.19. The summed E-state index contributed by atoms with van der Waals surface area (Å²) in [7, 11) is 0. The van der Waals surface area contributed by atoms with Crippen molar-refractivity contribution in [3.05, 3.63) is 60.4 Å². The Kier molecular flexibility index (Phi) is 3.25. The van der Waals surface area contributed by atoms with Gasteiger partial charge in [-0.3, -0.25) is 10.2 Å². The summed E-state index contributed by atoms with van der Waals surface area (Å²) in [6, 6.07) is 14.5. The average molecular weight is 317 g/mol. The molecule has 5 heteroatoms. The van der Waals surface area contributed by atoms with E-state index in [9.17, 15) is 0 Å². The predicted molar refractivity (Wildman–Crippen MR) is 96.3 cm³/mol. The molecule has 24 heavy (non-hydrogen) atoms. The number of nitrogens with two attached hydrogens (primary N) is 1. The van der Waals surface area contributed by atoms with Gasteiger partial charge in [0.1, 0.15) is 0 Å². The topological polar surface area (TPSA) is 83.4 Å². The van der Waals surface area contributed by atoms with Crippen LogP contribution in [0.1, 0.15) is 19.4 Å². The molecule has 2 heterocycles. The molecule has 0 radical (unpaired) electrons. The van der Waals surface area contributed by atoms with Crippen LogP contribution in [0.3, 0.4) is 0 Å². The summed E-state index contributed by atoms with van der Waals surface area (Å²) in [5.41, 5.74) is 12.3. The number of rotatable bonds is 3. The van der Waals surface area contributed by atoms with Gasteiger partial charge in [-0.25, -0.2) is 0 Å². The zero-order chi connectivity index (χ0) is 16.7. The Balaban J connectivity index is 1.92. The normalized spacial score (nSPS) is 12.0. The van der Waals surface area contributed by atoms with E-state index in [1.54, 1.807) is 6.20 Å². The summed E-state index contributed by atoms with van der Waals surface area (Å²) in [6.07, 6.45) is 3.62. The molecular weight excluding hydrogens is 298 g/mol. The van der Waals surface area contributed by atoms with Crippen molar-refractivity contribution in [2.45, 2.75) is 19.4 Å². The van der Waals surface area contributed by atoms with Crippen LogP contribution in [0, 0.1) is 0 Å². The largest absolute Gasteiger partial charge is 0.322 e. The van der Waals surface area contributed by atoms with Crippen LogP contribution in [0.2, 0.25) is 0 Å². The molecule has 4 aromatic rings. The molecule has 5 nitrogen and oxygen atoms in total. The van der Waals surface area contributed by atoms with Crippen LogP contribution in [0.15, 0.2) is 54.9 Å². The maximum Gasteiger partial charge on any atom is 0.0663 e. The van der Waals surface area contributed by atoms with E-state index in [-0.39, 0.29) is 5.54 Å². The first-order chi connectivity index (χ1) is 11.5. The van der Waals surface area contributed by atoms with Crippen molar-refractivity contribution in [2.75, 3.05) is 0 Å². The quantitative estimate of drug-likeness (QED) is 0.537. The number of hydrogen-bond acceptors (Lipinski definition) is 3. The van der Waals surface area contributed by atoms with Crippen LogP contribution < -0.4 is 5.73 Å². The van der Waals surface area contributed by atoms with Crippen LogP contribution in [-0.4, -0.2) is 20.4 Å². The van der Waals surface area contributed by atoms with E-state index in [1.165, 1.54) is 0 Å². The van der Waals surface area contributed by atoms with Gasteiger partial charge in [0.2, 0.25) is 0 Å². The minimum atomic E-state index is -0.348. The van der Waals surface area contributed by atoms with Crippen molar-refractivity contribution >= 4 is 10.9 Å². The number of hydrogen-bond donors (Lipinski definition) is 3. The minimum absolute atomic E-state index is 0.348. The molecular formula is C19H19N5. The molecule has 0 aliphatic carbocycles. The lowest BCUT2D eigenvalue weighted by Crippen LogP contribution is -2.28. The second kappa shape index (κ2) is 5.32. The first-order valence-electron chi connectivity index (χ1n) is 7.90. The molecule has 0 bridgehead atoms. The number of H-pyrrole nitrogens is 2. The molecule has 0 spiro atoms. The SMILES string of the molecule is CC(C)(N)c1ccc(-c2ccc3[nH]ncc3c2-c2ccn[nH]2)cc1. The Morgan fingerprint density at radius 1 is 0.917 bits per heavy atom. The number of benzene rings is 2. The fraction of sp³-hybridized carbons (Fsp3) is 0.158. The number of aromatic nitrogens is 4. The first kappa shape index (κ1) is 14.7. The Labute approximate surface area is 139 Å². The van der Waals surface area contributed by atoms with Gasteiger partial charge in [0.05, 0.1) is 17.4 Å². The van der Waals surface area contributed by atoms with Gasteiger partial charge in [-0.15, -0.1) is 0 Å². The smallest absolute Gasteiger partial charge is 0.0663 e. The molecule has 2 aromatic carbocycles. The summed E-state index contributed by atoms with van der Waals surface area (Å²) in [5, 5.41) is 15.4. The summed E-state index contributed by atoms with van der Waals surface area (Å²) < 4.78 is 0. The van der Waals surface area contributed by atoms with E-state index in [2.05, 4.69) is 56.8 Å². The third-order valence-electron chi connectivity index (χ3n) is 4.33. The lowest BCUT2D eigenvalue weighted by Gasteiger charge is -2.19. The van der Waals surface area contributed by atoms with Gasteiger partial charge in [-0.05, 0) is 42.7 Å². The van der Waals surface area contributed by atoms with Gasteiger partial charge in [-0.1, -0.05) is 30.3 Å². The Morgan fingerprint density at radius 3 is 2.38 bits per heavy atom. The Hall–Kier alpha value is -2.92. The second-order valence-corrected chi connectivity index (χ2v) is 6.59. The van der Waals surface area contributed by atoms with Gasteiger partial charge >= 0.3 is 0 Å².